The molecule has 28 heavy (non-hydrogen) atoms. The Morgan fingerprint density at radius 1 is 1.18 bits per heavy atom. The van der Waals surface area contributed by atoms with Crippen molar-refractivity contribution in [2.24, 2.45) is 5.73 Å². The van der Waals surface area contributed by atoms with Gasteiger partial charge in [0.1, 0.15) is 0 Å². The van der Waals surface area contributed by atoms with E-state index in [0.29, 0.717) is 12.0 Å². The second-order valence-corrected chi connectivity index (χ2v) is 10.9. The van der Waals surface area contributed by atoms with E-state index in [1.165, 1.54) is 4.88 Å². The van der Waals surface area contributed by atoms with Crippen molar-refractivity contribution in [3.05, 3.63) is 35.3 Å². The van der Waals surface area contributed by atoms with Gasteiger partial charge in [0.05, 0.1) is 10.6 Å². The van der Waals surface area contributed by atoms with Gasteiger partial charge in [-0.2, -0.15) is 0 Å². The standard InChI is InChI=1S/C22H33N5S/c1-20(2,23)11-9-16-7-8-18(28-16)17-10-12-24-19(26-17)25-15-13-21(3,4)27-22(5,6)14-15/h7-12,15,27H,13-14,23H2,1-6H3,(H,24,25,26). The maximum Gasteiger partial charge on any atom is 0.223 e. The Bertz CT molecular complexity index is 829. The summed E-state index contributed by atoms with van der Waals surface area (Å²) in [5.74, 6) is 0.699. The third-order valence-corrected chi connectivity index (χ3v) is 5.81. The van der Waals surface area contributed by atoms with Crippen molar-refractivity contribution in [2.45, 2.75) is 77.0 Å². The lowest BCUT2D eigenvalue weighted by molar-refractivity contribution is 0.170. The van der Waals surface area contributed by atoms with Crippen molar-refractivity contribution in [2.75, 3.05) is 5.32 Å². The SMILES string of the molecule is CC(C)(N)C=Cc1ccc(-c2ccnc(NC3CC(C)(C)NC(C)(C)C3)n2)s1. The summed E-state index contributed by atoms with van der Waals surface area (Å²) >= 11 is 1.71. The predicted molar refractivity (Wildman–Crippen MR) is 121 cm³/mol. The van der Waals surface area contributed by atoms with Crippen molar-refractivity contribution in [3.8, 4) is 10.6 Å². The second kappa shape index (κ2) is 7.58. The number of aromatic nitrogens is 2. The number of nitrogens with two attached hydrogens (primary N) is 1. The molecule has 3 rings (SSSR count). The quantitative estimate of drug-likeness (QED) is 0.681. The maximum absolute atomic E-state index is 6.03. The Kier molecular flexibility index (Phi) is 5.67. The molecule has 5 nitrogen and oxygen atoms in total. The lowest BCUT2D eigenvalue weighted by Gasteiger charge is -2.46. The van der Waals surface area contributed by atoms with Gasteiger partial charge in [-0.25, -0.2) is 9.97 Å². The molecule has 0 saturated carbocycles. The minimum atomic E-state index is -0.313. The van der Waals surface area contributed by atoms with Crippen LogP contribution in [0.3, 0.4) is 0 Å². The lowest BCUT2D eigenvalue weighted by Crippen LogP contribution is -2.60. The number of hydrogen-bond acceptors (Lipinski definition) is 6. The van der Waals surface area contributed by atoms with Gasteiger partial charge in [0.25, 0.3) is 0 Å². The number of nitrogens with zero attached hydrogens (tertiary/aromatic N) is 2. The fourth-order valence-corrected chi connectivity index (χ4v) is 4.93. The lowest BCUT2D eigenvalue weighted by atomic mass is 9.80. The molecular formula is C22H33N5S. The van der Waals surface area contributed by atoms with E-state index in [1.807, 2.05) is 32.2 Å². The van der Waals surface area contributed by atoms with E-state index in [4.69, 9.17) is 10.7 Å². The number of piperidine rings is 1. The summed E-state index contributed by atoms with van der Waals surface area (Å²) < 4.78 is 0. The normalized spacial score (nSPS) is 19.8. The van der Waals surface area contributed by atoms with Gasteiger partial charge in [-0.1, -0.05) is 6.08 Å². The second-order valence-electron chi connectivity index (χ2n) is 9.76. The number of hydrogen-bond donors (Lipinski definition) is 3. The van der Waals surface area contributed by atoms with E-state index < -0.39 is 0 Å². The van der Waals surface area contributed by atoms with Gasteiger partial charge in [-0.05, 0) is 78.7 Å². The van der Waals surface area contributed by atoms with Gasteiger partial charge in [0, 0.05) is 33.7 Å². The molecule has 0 spiro atoms. The van der Waals surface area contributed by atoms with Gasteiger partial charge in [0.15, 0.2) is 0 Å². The smallest absolute Gasteiger partial charge is 0.223 e. The van der Waals surface area contributed by atoms with E-state index in [0.717, 1.165) is 23.4 Å². The summed E-state index contributed by atoms with van der Waals surface area (Å²) in [6.45, 7) is 13.0. The Balaban J connectivity index is 1.74. The Morgan fingerprint density at radius 3 is 2.50 bits per heavy atom. The van der Waals surface area contributed by atoms with Crippen LogP contribution in [0, 0.1) is 0 Å². The molecule has 0 aliphatic carbocycles. The van der Waals surface area contributed by atoms with Crippen LogP contribution >= 0.6 is 11.3 Å². The number of rotatable bonds is 5. The minimum Gasteiger partial charge on any atom is -0.351 e. The van der Waals surface area contributed by atoms with E-state index in [1.54, 1.807) is 11.3 Å². The molecule has 0 atom stereocenters. The largest absolute Gasteiger partial charge is 0.351 e. The first-order valence-electron chi connectivity index (χ1n) is 9.88. The third-order valence-electron chi connectivity index (χ3n) is 4.74. The topological polar surface area (TPSA) is 75.9 Å². The van der Waals surface area contributed by atoms with Gasteiger partial charge in [-0.15, -0.1) is 11.3 Å². The highest BCUT2D eigenvalue weighted by Crippen LogP contribution is 2.31. The van der Waals surface area contributed by atoms with E-state index in [9.17, 15) is 0 Å². The van der Waals surface area contributed by atoms with Gasteiger partial charge in [-0.3, -0.25) is 0 Å². The fraction of sp³-hybridized carbons (Fsp3) is 0.545. The molecule has 4 N–H and O–H groups in total. The van der Waals surface area contributed by atoms with Crippen molar-refractivity contribution in [3.63, 3.8) is 0 Å². The maximum atomic E-state index is 6.03. The van der Waals surface area contributed by atoms with Crippen LogP contribution in [0.4, 0.5) is 5.95 Å². The van der Waals surface area contributed by atoms with Crippen LogP contribution in [-0.2, 0) is 0 Å². The molecule has 1 aliphatic heterocycles. The fourth-order valence-electron chi connectivity index (χ4n) is 4.05. The monoisotopic (exact) mass is 399 g/mol. The van der Waals surface area contributed by atoms with Crippen molar-refractivity contribution in [1.29, 1.82) is 0 Å². The molecule has 6 heteroatoms. The summed E-state index contributed by atoms with van der Waals surface area (Å²) in [6, 6.07) is 6.52. The summed E-state index contributed by atoms with van der Waals surface area (Å²) in [5.41, 5.74) is 6.84. The predicted octanol–water partition coefficient (Wildman–Crippen LogP) is 4.68. The molecule has 0 radical (unpaired) electrons. The molecule has 1 saturated heterocycles. The molecule has 0 aromatic carbocycles. The first kappa shape index (κ1) is 21.0. The molecule has 2 aromatic rings. The van der Waals surface area contributed by atoms with Crippen molar-refractivity contribution < 1.29 is 0 Å². The van der Waals surface area contributed by atoms with Crippen molar-refractivity contribution in [1.82, 2.24) is 15.3 Å². The zero-order valence-corrected chi connectivity index (χ0v) is 18.7. The average molecular weight is 400 g/mol. The van der Waals surface area contributed by atoms with E-state index >= 15 is 0 Å². The van der Waals surface area contributed by atoms with E-state index in [2.05, 4.69) is 61.5 Å². The molecule has 1 aliphatic rings. The summed E-state index contributed by atoms with van der Waals surface area (Å²) in [4.78, 5) is 11.5. The molecule has 0 amide bonds. The highest BCUT2D eigenvalue weighted by atomic mass is 32.1. The first-order valence-corrected chi connectivity index (χ1v) is 10.7. The van der Waals surface area contributed by atoms with Crippen molar-refractivity contribution >= 4 is 23.4 Å². The summed E-state index contributed by atoms with van der Waals surface area (Å²) in [5, 5.41) is 7.28. The highest BCUT2D eigenvalue weighted by Gasteiger charge is 2.37. The zero-order chi connectivity index (χ0) is 20.6. The first-order chi connectivity index (χ1) is 12.9. The molecule has 2 aromatic heterocycles. The van der Waals surface area contributed by atoms with Crippen LogP contribution in [0.25, 0.3) is 16.6 Å². The minimum absolute atomic E-state index is 0.0861. The van der Waals surface area contributed by atoms with Crippen LogP contribution in [-0.4, -0.2) is 32.6 Å². The highest BCUT2D eigenvalue weighted by molar-refractivity contribution is 7.16. The molecular weight excluding hydrogens is 366 g/mol. The molecule has 0 unspecified atom stereocenters. The number of nitrogens with one attached hydrogen (secondary N) is 2. The van der Waals surface area contributed by atoms with Gasteiger partial charge >= 0.3 is 0 Å². The molecule has 1 fully saturated rings. The van der Waals surface area contributed by atoms with Gasteiger partial charge < -0.3 is 16.4 Å². The third kappa shape index (κ3) is 5.87. The number of anilines is 1. The molecule has 152 valence electrons. The van der Waals surface area contributed by atoms with Gasteiger partial charge in [0.2, 0.25) is 5.95 Å². The van der Waals surface area contributed by atoms with E-state index in [-0.39, 0.29) is 16.6 Å². The zero-order valence-electron chi connectivity index (χ0n) is 17.8. The van der Waals surface area contributed by atoms with Crippen LogP contribution in [0.5, 0.6) is 0 Å². The van der Waals surface area contributed by atoms with Crippen LogP contribution in [0.1, 0.15) is 59.3 Å². The molecule has 0 bridgehead atoms. The van der Waals surface area contributed by atoms with Crippen LogP contribution in [0.2, 0.25) is 0 Å². The Labute approximate surface area is 172 Å². The summed E-state index contributed by atoms with van der Waals surface area (Å²) in [7, 11) is 0. The van der Waals surface area contributed by atoms with Crippen LogP contribution in [0.15, 0.2) is 30.5 Å². The Morgan fingerprint density at radius 2 is 1.86 bits per heavy atom. The summed E-state index contributed by atoms with van der Waals surface area (Å²) in [6.07, 6.45) is 8.00. The number of thiophene rings is 1. The van der Waals surface area contributed by atoms with Crippen LogP contribution < -0.4 is 16.4 Å². The average Bonchev–Trinajstić information content (AvgIpc) is 2.98. The molecule has 3 heterocycles. The Hall–Kier alpha value is -1.76.